The Balaban J connectivity index is 2.27. The summed E-state index contributed by atoms with van der Waals surface area (Å²) in [6.07, 6.45) is 2.26. The zero-order valence-electron chi connectivity index (χ0n) is 13.1. The van der Waals surface area contributed by atoms with Crippen molar-refractivity contribution < 1.29 is 4.39 Å². The van der Waals surface area contributed by atoms with Crippen LogP contribution >= 0.6 is 11.6 Å². The van der Waals surface area contributed by atoms with Gasteiger partial charge in [0.1, 0.15) is 5.82 Å². The van der Waals surface area contributed by atoms with Crippen molar-refractivity contribution in [2.75, 3.05) is 13.6 Å². The molecule has 0 bridgehead atoms. The van der Waals surface area contributed by atoms with Gasteiger partial charge in [-0.3, -0.25) is 0 Å². The van der Waals surface area contributed by atoms with Crippen LogP contribution in [0.2, 0.25) is 5.02 Å². The van der Waals surface area contributed by atoms with Crippen molar-refractivity contribution in [2.24, 2.45) is 4.99 Å². The molecule has 4 heteroatoms. The summed E-state index contributed by atoms with van der Waals surface area (Å²) in [4.78, 5) is 6.43. The number of nitrogens with zero attached hydrogens (tertiary/aromatic N) is 2. The van der Waals surface area contributed by atoms with Crippen LogP contribution in [0.3, 0.4) is 0 Å². The SMILES string of the molecule is CCN(C)C=Nc1cc(Cl)c(Cc2ccccc2F)cc1C. The van der Waals surface area contributed by atoms with Crippen molar-refractivity contribution in [1.82, 2.24) is 4.90 Å². The molecule has 0 saturated carbocycles. The summed E-state index contributed by atoms with van der Waals surface area (Å²) in [5.74, 6) is -0.206. The predicted molar refractivity (Wildman–Crippen MR) is 91.9 cm³/mol. The maximum absolute atomic E-state index is 13.8. The largest absolute Gasteiger partial charge is 0.366 e. The van der Waals surface area contributed by atoms with E-state index >= 15 is 0 Å². The third-order valence-electron chi connectivity index (χ3n) is 3.60. The smallest absolute Gasteiger partial charge is 0.126 e. The Kier molecular flexibility index (Phi) is 5.56. The minimum Gasteiger partial charge on any atom is -0.366 e. The summed E-state index contributed by atoms with van der Waals surface area (Å²) in [7, 11) is 1.97. The van der Waals surface area contributed by atoms with Gasteiger partial charge < -0.3 is 4.90 Å². The molecule has 2 aromatic carbocycles. The number of hydrogen-bond acceptors (Lipinski definition) is 1. The van der Waals surface area contributed by atoms with Gasteiger partial charge in [-0.05, 0) is 42.7 Å². The molecule has 0 amide bonds. The number of aliphatic imine (C=N–C) groups is 1. The minimum atomic E-state index is -0.206. The molecule has 0 fully saturated rings. The van der Waals surface area contributed by atoms with E-state index in [1.807, 2.05) is 37.1 Å². The van der Waals surface area contributed by atoms with Crippen LogP contribution in [0.4, 0.5) is 10.1 Å². The molecule has 0 spiro atoms. The van der Waals surface area contributed by atoms with E-state index in [1.54, 1.807) is 18.5 Å². The molecule has 0 aliphatic carbocycles. The molecule has 0 unspecified atom stereocenters. The van der Waals surface area contributed by atoms with Crippen LogP contribution in [-0.2, 0) is 6.42 Å². The normalized spacial score (nSPS) is 11.1. The lowest BCUT2D eigenvalue weighted by Crippen LogP contribution is -2.14. The highest BCUT2D eigenvalue weighted by Gasteiger charge is 2.09. The average molecular weight is 319 g/mol. The Hall–Kier alpha value is -1.87. The second-order valence-electron chi connectivity index (χ2n) is 5.32. The van der Waals surface area contributed by atoms with Gasteiger partial charge in [0, 0.05) is 25.0 Å². The Morgan fingerprint density at radius 3 is 2.64 bits per heavy atom. The van der Waals surface area contributed by atoms with Gasteiger partial charge in [0.2, 0.25) is 0 Å². The molecule has 0 atom stereocenters. The first-order chi connectivity index (χ1) is 10.5. The maximum Gasteiger partial charge on any atom is 0.126 e. The van der Waals surface area contributed by atoms with Gasteiger partial charge >= 0.3 is 0 Å². The lowest BCUT2D eigenvalue weighted by Gasteiger charge is -2.11. The van der Waals surface area contributed by atoms with E-state index in [0.29, 0.717) is 17.0 Å². The van der Waals surface area contributed by atoms with E-state index in [0.717, 1.165) is 23.4 Å². The molecule has 2 nitrogen and oxygen atoms in total. The summed E-state index contributed by atoms with van der Waals surface area (Å²) >= 11 is 6.34. The molecule has 0 aliphatic heterocycles. The van der Waals surface area contributed by atoms with Crippen LogP contribution in [0.15, 0.2) is 41.4 Å². The van der Waals surface area contributed by atoms with Crippen LogP contribution in [0.25, 0.3) is 0 Å². The second kappa shape index (κ2) is 7.41. The summed E-state index contributed by atoms with van der Waals surface area (Å²) in [5, 5.41) is 0.611. The highest BCUT2D eigenvalue weighted by atomic mass is 35.5. The van der Waals surface area contributed by atoms with Crippen molar-refractivity contribution in [3.05, 3.63) is 63.9 Å². The molecule has 0 aromatic heterocycles. The van der Waals surface area contributed by atoms with E-state index in [2.05, 4.69) is 11.9 Å². The standard InChI is InChI=1S/C18H20ClFN2/c1-4-22(3)12-21-18-11-16(19)15(9-13(18)2)10-14-7-5-6-8-17(14)20/h5-9,11-12H,4,10H2,1-3H3. The number of aryl methyl sites for hydroxylation is 1. The van der Waals surface area contributed by atoms with Gasteiger partial charge in [-0.15, -0.1) is 0 Å². The average Bonchev–Trinajstić information content (AvgIpc) is 2.51. The van der Waals surface area contributed by atoms with Crippen LogP contribution < -0.4 is 0 Å². The van der Waals surface area contributed by atoms with Crippen molar-refractivity contribution in [3.63, 3.8) is 0 Å². The highest BCUT2D eigenvalue weighted by molar-refractivity contribution is 6.31. The quantitative estimate of drug-likeness (QED) is 0.560. The Bertz CT molecular complexity index is 683. The van der Waals surface area contributed by atoms with E-state index in [9.17, 15) is 4.39 Å². The molecule has 116 valence electrons. The van der Waals surface area contributed by atoms with Crippen LogP contribution in [0, 0.1) is 12.7 Å². The summed E-state index contributed by atoms with van der Waals surface area (Å²) < 4.78 is 13.8. The number of benzene rings is 2. The lowest BCUT2D eigenvalue weighted by molar-refractivity contribution is 0.552. The van der Waals surface area contributed by atoms with Gasteiger partial charge in [-0.25, -0.2) is 9.38 Å². The molecule has 22 heavy (non-hydrogen) atoms. The van der Waals surface area contributed by atoms with E-state index < -0.39 is 0 Å². The fourth-order valence-corrected chi connectivity index (χ4v) is 2.32. The molecule has 2 aromatic rings. The van der Waals surface area contributed by atoms with Gasteiger partial charge in [0.05, 0.1) is 12.0 Å². The summed E-state index contributed by atoms with van der Waals surface area (Å²) in [6, 6.07) is 10.6. The highest BCUT2D eigenvalue weighted by Crippen LogP contribution is 2.29. The van der Waals surface area contributed by atoms with Crippen LogP contribution in [-0.4, -0.2) is 24.8 Å². The first-order valence-electron chi connectivity index (χ1n) is 7.28. The monoisotopic (exact) mass is 318 g/mol. The zero-order chi connectivity index (χ0) is 16.1. The van der Waals surface area contributed by atoms with Crippen LogP contribution in [0.5, 0.6) is 0 Å². The number of halogens is 2. The first kappa shape index (κ1) is 16.5. The lowest BCUT2D eigenvalue weighted by atomic mass is 10.0. The van der Waals surface area contributed by atoms with Gasteiger partial charge in [0.25, 0.3) is 0 Å². The first-order valence-corrected chi connectivity index (χ1v) is 7.66. The maximum atomic E-state index is 13.8. The third kappa shape index (κ3) is 4.08. The van der Waals surface area contributed by atoms with Crippen molar-refractivity contribution in [1.29, 1.82) is 0 Å². The molecule has 2 rings (SSSR count). The Morgan fingerprint density at radius 2 is 1.95 bits per heavy atom. The number of hydrogen-bond donors (Lipinski definition) is 0. The fourth-order valence-electron chi connectivity index (χ4n) is 2.09. The summed E-state index contributed by atoms with van der Waals surface area (Å²) in [5.41, 5.74) is 3.41. The molecular weight excluding hydrogens is 299 g/mol. The molecule has 0 saturated heterocycles. The van der Waals surface area contributed by atoms with E-state index in [4.69, 9.17) is 11.6 Å². The van der Waals surface area contributed by atoms with Gasteiger partial charge in [-0.2, -0.15) is 0 Å². The van der Waals surface area contributed by atoms with Crippen LogP contribution in [0.1, 0.15) is 23.6 Å². The molecule has 0 aliphatic rings. The third-order valence-corrected chi connectivity index (χ3v) is 3.95. The molecular formula is C18H20ClFN2. The molecule has 0 heterocycles. The zero-order valence-corrected chi connectivity index (χ0v) is 13.9. The summed E-state index contributed by atoms with van der Waals surface area (Å²) in [6.45, 7) is 4.94. The van der Waals surface area contributed by atoms with Gasteiger partial charge in [0.15, 0.2) is 0 Å². The Labute approximate surface area is 136 Å². The minimum absolute atomic E-state index is 0.206. The van der Waals surface area contributed by atoms with Gasteiger partial charge in [-0.1, -0.05) is 35.9 Å². The molecule has 0 radical (unpaired) electrons. The molecule has 0 N–H and O–H groups in total. The predicted octanol–water partition coefficient (Wildman–Crippen LogP) is 4.99. The fraction of sp³-hybridized carbons (Fsp3) is 0.278. The second-order valence-corrected chi connectivity index (χ2v) is 5.72. The van der Waals surface area contributed by atoms with Crippen molar-refractivity contribution in [3.8, 4) is 0 Å². The van der Waals surface area contributed by atoms with Crippen molar-refractivity contribution in [2.45, 2.75) is 20.3 Å². The van der Waals surface area contributed by atoms with Crippen molar-refractivity contribution >= 4 is 23.6 Å². The van der Waals surface area contributed by atoms with E-state index in [1.165, 1.54) is 6.07 Å². The topological polar surface area (TPSA) is 15.6 Å². The number of rotatable bonds is 5. The van der Waals surface area contributed by atoms with E-state index in [-0.39, 0.29) is 5.82 Å². The Morgan fingerprint density at radius 1 is 1.23 bits per heavy atom.